The largest absolute Gasteiger partial charge is 0.330 e. The van der Waals surface area contributed by atoms with E-state index in [1.807, 2.05) is 32.2 Å². The molecule has 1 aliphatic rings. The van der Waals surface area contributed by atoms with E-state index in [9.17, 15) is 4.79 Å². The average molecular weight is 310 g/mol. The van der Waals surface area contributed by atoms with Crippen molar-refractivity contribution in [1.82, 2.24) is 4.90 Å². The minimum Gasteiger partial charge on any atom is -0.330 e. The third-order valence-electron chi connectivity index (χ3n) is 4.28. The molecule has 0 saturated heterocycles. The van der Waals surface area contributed by atoms with Crippen LogP contribution in [0.2, 0.25) is 5.02 Å². The van der Waals surface area contributed by atoms with Gasteiger partial charge in [-0.3, -0.25) is 9.69 Å². The highest BCUT2D eigenvalue weighted by atomic mass is 35.5. The quantitative estimate of drug-likeness (QED) is 0.879. The van der Waals surface area contributed by atoms with E-state index in [0.29, 0.717) is 35.8 Å². The second-order valence-electron chi connectivity index (χ2n) is 5.94. The minimum atomic E-state index is -0.0362. The summed E-state index contributed by atoms with van der Waals surface area (Å²) >= 11 is 6.14. The third-order valence-corrected chi connectivity index (χ3v) is 4.59. The molecule has 116 valence electrons. The Balaban J connectivity index is 1.92. The molecule has 0 aromatic heterocycles. The molecular formula is C16H24ClN3O. The zero-order chi connectivity index (χ0) is 15.4. The summed E-state index contributed by atoms with van der Waals surface area (Å²) in [5, 5.41) is 3.46. The van der Waals surface area contributed by atoms with E-state index >= 15 is 0 Å². The molecule has 0 aliphatic heterocycles. The lowest BCUT2D eigenvalue weighted by Crippen LogP contribution is -2.41. The van der Waals surface area contributed by atoms with Crippen LogP contribution in [0.4, 0.5) is 5.69 Å². The standard InChI is InChI=1S/C16H24ClN3O/c1-11-6-7-14(13(17)8-11)19-16(21)10-20(2)15-5-3-4-12(15)9-18/h6-8,12,15H,3-5,9-10,18H2,1-2H3,(H,19,21). The summed E-state index contributed by atoms with van der Waals surface area (Å²) in [6, 6.07) is 6.04. The molecule has 2 atom stereocenters. The first kappa shape index (κ1) is 16.3. The Morgan fingerprint density at radius 1 is 1.48 bits per heavy atom. The molecule has 2 rings (SSSR count). The number of carbonyl (C=O) groups is 1. The molecule has 5 heteroatoms. The summed E-state index contributed by atoms with van der Waals surface area (Å²) < 4.78 is 0. The van der Waals surface area contributed by atoms with Crippen molar-refractivity contribution in [2.45, 2.75) is 32.2 Å². The molecule has 0 heterocycles. The highest BCUT2D eigenvalue weighted by Crippen LogP contribution is 2.28. The highest BCUT2D eigenvalue weighted by molar-refractivity contribution is 6.33. The molecule has 1 saturated carbocycles. The first-order valence-corrected chi connectivity index (χ1v) is 7.85. The van der Waals surface area contributed by atoms with Gasteiger partial charge in [0.25, 0.3) is 0 Å². The molecule has 1 aromatic carbocycles. The Morgan fingerprint density at radius 3 is 2.90 bits per heavy atom. The number of rotatable bonds is 5. The molecule has 1 fully saturated rings. The Kier molecular flexibility index (Phi) is 5.62. The molecule has 1 aromatic rings. The zero-order valence-electron chi connectivity index (χ0n) is 12.7. The lowest BCUT2D eigenvalue weighted by Gasteiger charge is -2.28. The second kappa shape index (κ2) is 7.25. The molecule has 2 unspecified atom stereocenters. The number of nitrogens with one attached hydrogen (secondary N) is 1. The fourth-order valence-corrected chi connectivity index (χ4v) is 3.41. The van der Waals surface area contributed by atoms with Crippen LogP contribution in [0.15, 0.2) is 18.2 Å². The van der Waals surface area contributed by atoms with Gasteiger partial charge in [-0.1, -0.05) is 24.1 Å². The van der Waals surface area contributed by atoms with E-state index in [4.69, 9.17) is 17.3 Å². The van der Waals surface area contributed by atoms with Crippen molar-refractivity contribution in [3.8, 4) is 0 Å². The van der Waals surface area contributed by atoms with E-state index in [2.05, 4.69) is 10.2 Å². The number of nitrogens with two attached hydrogens (primary N) is 1. The SMILES string of the molecule is Cc1ccc(NC(=O)CN(C)C2CCCC2CN)c(Cl)c1. The summed E-state index contributed by atoms with van der Waals surface area (Å²) in [7, 11) is 2.00. The van der Waals surface area contributed by atoms with Crippen LogP contribution >= 0.6 is 11.6 Å². The van der Waals surface area contributed by atoms with Crippen molar-refractivity contribution in [3.05, 3.63) is 28.8 Å². The molecule has 1 aliphatic carbocycles. The topological polar surface area (TPSA) is 58.4 Å². The Labute approximate surface area is 131 Å². The second-order valence-corrected chi connectivity index (χ2v) is 6.35. The Morgan fingerprint density at radius 2 is 2.24 bits per heavy atom. The number of nitrogens with zero attached hydrogens (tertiary/aromatic N) is 1. The Bertz CT molecular complexity index is 506. The number of likely N-dealkylation sites (N-methyl/N-ethyl adjacent to an activating group) is 1. The van der Waals surface area contributed by atoms with E-state index < -0.39 is 0 Å². The number of aryl methyl sites for hydroxylation is 1. The van der Waals surface area contributed by atoms with Gasteiger partial charge in [-0.15, -0.1) is 0 Å². The van der Waals surface area contributed by atoms with Gasteiger partial charge < -0.3 is 11.1 Å². The number of benzene rings is 1. The number of amides is 1. The van der Waals surface area contributed by atoms with Crippen molar-refractivity contribution in [2.75, 3.05) is 25.5 Å². The summed E-state index contributed by atoms with van der Waals surface area (Å²) in [6.45, 7) is 3.03. The van der Waals surface area contributed by atoms with Gasteiger partial charge in [0, 0.05) is 6.04 Å². The Hall–Kier alpha value is -1.10. The van der Waals surface area contributed by atoms with Gasteiger partial charge in [-0.05, 0) is 57.0 Å². The predicted octanol–water partition coefficient (Wildman–Crippen LogP) is 2.65. The monoisotopic (exact) mass is 309 g/mol. The third kappa shape index (κ3) is 4.19. The lowest BCUT2D eigenvalue weighted by atomic mass is 10.0. The van der Waals surface area contributed by atoms with Crippen LogP contribution in [0.3, 0.4) is 0 Å². The summed E-state index contributed by atoms with van der Waals surface area (Å²) in [5.41, 5.74) is 7.55. The minimum absolute atomic E-state index is 0.0362. The highest BCUT2D eigenvalue weighted by Gasteiger charge is 2.30. The predicted molar refractivity (Wildman–Crippen MR) is 87.6 cm³/mol. The van der Waals surface area contributed by atoms with Crippen LogP contribution < -0.4 is 11.1 Å². The fraction of sp³-hybridized carbons (Fsp3) is 0.562. The first-order chi connectivity index (χ1) is 10.0. The molecule has 0 bridgehead atoms. The van der Waals surface area contributed by atoms with Crippen LogP contribution in [0.1, 0.15) is 24.8 Å². The van der Waals surface area contributed by atoms with Crippen LogP contribution in [-0.4, -0.2) is 37.0 Å². The van der Waals surface area contributed by atoms with Crippen LogP contribution in [0, 0.1) is 12.8 Å². The smallest absolute Gasteiger partial charge is 0.238 e. The molecule has 3 N–H and O–H groups in total. The lowest BCUT2D eigenvalue weighted by molar-refractivity contribution is -0.117. The number of carbonyl (C=O) groups excluding carboxylic acids is 1. The van der Waals surface area contributed by atoms with Crippen molar-refractivity contribution >= 4 is 23.2 Å². The van der Waals surface area contributed by atoms with E-state index in [1.54, 1.807) is 0 Å². The fourth-order valence-electron chi connectivity index (χ4n) is 3.13. The number of halogens is 1. The van der Waals surface area contributed by atoms with Crippen LogP contribution in [-0.2, 0) is 4.79 Å². The number of anilines is 1. The number of hydrogen-bond acceptors (Lipinski definition) is 3. The van der Waals surface area contributed by atoms with Crippen molar-refractivity contribution in [1.29, 1.82) is 0 Å². The maximum Gasteiger partial charge on any atom is 0.238 e. The van der Waals surface area contributed by atoms with Crippen molar-refractivity contribution in [2.24, 2.45) is 11.7 Å². The van der Waals surface area contributed by atoms with Gasteiger partial charge in [-0.25, -0.2) is 0 Å². The van der Waals surface area contributed by atoms with E-state index in [1.165, 1.54) is 6.42 Å². The summed E-state index contributed by atoms with van der Waals surface area (Å²) in [4.78, 5) is 14.3. The van der Waals surface area contributed by atoms with Gasteiger partial charge in [0.05, 0.1) is 17.3 Å². The number of hydrogen-bond donors (Lipinski definition) is 2. The van der Waals surface area contributed by atoms with Gasteiger partial charge in [0.2, 0.25) is 5.91 Å². The van der Waals surface area contributed by atoms with E-state index in [-0.39, 0.29) is 5.91 Å². The van der Waals surface area contributed by atoms with Crippen LogP contribution in [0.5, 0.6) is 0 Å². The van der Waals surface area contributed by atoms with Crippen molar-refractivity contribution in [3.63, 3.8) is 0 Å². The molecule has 21 heavy (non-hydrogen) atoms. The van der Waals surface area contributed by atoms with Gasteiger partial charge >= 0.3 is 0 Å². The molecule has 0 radical (unpaired) electrons. The van der Waals surface area contributed by atoms with Gasteiger partial charge in [0.1, 0.15) is 0 Å². The summed E-state index contributed by atoms with van der Waals surface area (Å²) in [5.74, 6) is 0.469. The normalized spacial score (nSPS) is 21.8. The van der Waals surface area contributed by atoms with Crippen LogP contribution in [0.25, 0.3) is 0 Å². The average Bonchev–Trinajstić information content (AvgIpc) is 2.90. The van der Waals surface area contributed by atoms with Crippen molar-refractivity contribution < 1.29 is 4.79 Å². The first-order valence-electron chi connectivity index (χ1n) is 7.47. The van der Waals surface area contributed by atoms with Gasteiger partial charge in [0.15, 0.2) is 0 Å². The maximum atomic E-state index is 12.2. The summed E-state index contributed by atoms with van der Waals surface area (Å²) in [6.07, 6.45) is 3.48. The molecule has 0 spiro atoms. The molecule has 1 amide bonds. The van der Waals surface area contributed by atoms with E-state index in [0.717, 1.165) is 18.4 Å². The van der Waals surface area contributed by atoms with Gasteiger partial charge in [-0.2, -0.15) is 0 Å². The maximum absolute atomic E-state index is 12.2. The zero-order valence-corrected chi connectivity index (χ0v) is 13.5. The molecule has 4 nitrogen and oxygen atoms in total. The molecular weight excluding hydrogens is 286 g/mol.